The molecule has 39 heavy (non-hydrogen) atoms. The van der Waals surface area contributed by atoms with Crippen LogP contribution < -0.4 is 0 Å². The molecule has 0 saturated carbocycles. The van der Waals surface area contributed by atoms with E-state index in [1.165, 1.54) is 33.4 Å². The molecule has 0 atom stereocenters. The smallest absolute Gasteiger partial charge is 0.143 e. The summed E-state index contributed by atoms with van der Waals surface area (Å²) in [4.78, 5) is 0. The highest BCUT2D eigenvalue weighted by Crippen LogP contribution is 2.43. The average Bonchev–Trinajstić information content (AvgIpc) is 3.67. The molecule has 0 amide bonds. The Morgan fingerprint density at radius 2 is 1.03 bits per heavy atom. The van der Waals surface area contributed by atoms with Crippen LogP contribution in [0.25, 0.3) is 77.3 Å². The Bertz CT molecular complexity index is 2260. The zero-order valence-electron chi connectivity index (χ0n) is 21.1. The number of rotatable bonds is 2. The lowest BCUT2D eigenvalue weighted by molar-refractivity contribution is 0.668. The van der Waals surface area contributed by atoms with Crippen LogP contribution in [-0.4, -0.2) is 0 Å². The van der Waals surface area contributed by atoms with Crippen LogP contribution in [-0.2, 0) is 6.42 Å². The predicted octanol–water partition coefficient (Wildman–Crippen LogP) is 10.4. The monoisotopic (exact) mass is 498 g/mol. The van der Waals surface area contributed by atoms with E-state index in [4.69, 9.17) is 8.83 Å². The maximum absolute atomic E-state index is 6.34. The van der Waals surface area contributed by atoms with Crippen molar-refractivity contribution in [3.05, 3.63) is 132 Å². The van der Waals surface area contributed by atoms with Gasteiger partial charge in [-0.15, -0.1) is 0 Å². The number of furan rings is 2. The molecule has 2 nitrogen and oxygen atoms in total. The topological polar surface area (TPSA) is 26.3 Å². The number of fused-ring (bicyclic) bond motifs is 9. The van der Waals surface area contributed by atoms with Crippen molar-refractivity contribution in [2.24, 2.45) is 0 Å². The molecule has 6 aromatic carbocycles. The van der Waals surface area contributed by atoms with Gasteiger partial charge < -0.3 is 8.83 Å². The van der Waals surface area contributed by atoms with Gasteiger partial charge in [0.15, 0.2) is 0 Å². The zero-order chi connectivity index (χ0) is 25.5. The first-order valence-corrected chi connectivity index (χ1v) is 13.4. The Morgan fingerprint density at radius 1 is 0.410 bits per heavy atom. The Kier molecular flexibility index (Phi) is 4.14. The largest absolute Gasteiger partial charge is 0.456 e. The van der Waals surface area contributed by atoms with Gasteiger partial charge in [-0.1, -0.05) is 91.0 Å². The first kappa shape index (κ1) is 20.9. The van der Waals surface area contributed by atoms with Crippen molar-refractivity contribution < 1.29 is 8.83 Å². The molecule has 0 N–H and O–H groups in total. The first-order valence-electron chi connectivity index (χ1n) is 13.4. The summed E-state index contributed by atoms with van der Waals surface area (Å²) in [6.07, 6.45) is 0.970. The lowest BCUT2D eigenvalue weighted by Crippen LogP contribution is -1.87. The molecule has 0 bridgehead atoms. The summed E-state index contributed by atoms with van der Waals surface area (Å²) in [6.45, 7) is 0. The quantitative estimate of drug-likeness (QED) is 0.237. The summed E-state index contributed by atoms with van der Waals surface area (Å²) in [6, 6.07) is 43.1. The molecule has 8 aromatic rings. The van der Waals surface area contributed by atoms with E-state index in [9.17, 15) is 0 Å². The Balaban J connectivity index is 1.23. The van der Waals surface area contributed by atoms with E-state index in [1.807, 2.05) is 12.1 Å². The molecule has 182 valence electrons. The Labute approximate surface area is 224 Å². The van der Waals surface area contributed by atoms with Crippen LogP contribution in [0, 0.1) is 0 Å². The van der Waals surface area contributed by atoms with Gasteiger partial charge in [-0.25, -0.2) is 0 Å². The zero-order valence-corrected chi connectivity index (χ0v) is 21.1. The third-order valence-corrected chi connectivity index (χ3v) is 8.35. The second kappa shape index (κ2) is 7.72. The third kappa shape index (κ3) is 2.97. The fourth-order valence-electron chi connectivity index (χ4n) is 6.51. The van der Waals surface area contributed by atoms with Crippen LogP contribution in [0.15, 0.2) is 130 Å². The summed E-state index contributed by atoms with van der Waals surface area (Å²) >= 11 is 0. The van der Waals surface area contributed by atoms with E-state index in [0.717, 1.165) is 61.4 Å². The average molecular weight is 499 g/mol. The summed E-state index contributed by atoms with van der Waals surface area (Å²) < 4.78 is 12.6. The lowest BCUT2D eigenvalue weighted by atomic mass is 9.94. The number of benzene rings is 6. The molecule has 0 unspecified atom stereocenters. The lowest BCUT2D eigenvalue weighted by Gasteiger charge is -2.09. The minimum atomic E-state index is 0.897. The SMILES string of the molecule is c1ccc2c(c1)Cc1c(-c3ccc4oc5ccc(-c6cccc7c6oc6ccccc67)cc5c4c3)cccc1-2. The van der Waals surface area contributed by atoms with Crippen LogP contribution in [0.5, 0.6) is 0 Å². The highest BCUT2D eigenvalue weighted by molar-refractivity contribution is 6.12. The van der Waals surface area contributed by atoms with Gasteiger partial charge >= 0.3 is 0 Å². The van der Waals surface area contributed by atoms with E-state index in [-0.39, 0.29) is 0 Å². The van der Waals surface area contributed by atoms with Gasteiger partial charge in [-0.2, -0.15) is 0 Å². The van der Waals surface area contributed by atoms with E-state index in [1.54, 1.807) is 0 Å². The second-order valence-electron chi connectivity index (χ2n) is 10.5. The fraction of sp³-hybridized carbons (Fsp3) is 0.0270. The third-order valence-electron chi connectivity index (χ3n) is 8.35. The van der Waals surface area contributed by atoms with E-state index >= 15 is 0 Å². The number of hydrogen-bond acceptors (Lipinski definition) is 2. The van der Waals surface area contributed by atoms with Gasteiger partial charge in [0, 0.05) is 27.1 Å². The van der Waals surface area contributed by atoms with Gasteiger partial charge in [-0.05, 0) is 75.7 Å². The highest BCUT2D eigenvalue weighted by atomic mass is 16.3. The minimum Gasteiger partial charge on any atom is -0.456 e. The van der Waals surface area contributed by atoms with E-state index in [0.29, 0.717) is 0 Å². The maximum Gasteiger partial charge on any atom is 0.143 e. The molecular weight excluding hydrogens is 476 g/mol. The number of hydrogen-bond donors (Lipinski definition) is 0. The van der Waals surface area contributed by atoms with Crippen LogP contribution in [0.4, 0.5) is 0 Å². The standard InChI is InChI=1S/C37H22O2/c1-2-8-25-22(7-1)19-31-26(10-5-12-28(25)31)23-15-17-35-32(20-23)33-21-24(16-18-36(33)38-35)27-11-6-13-30-29-9-3-4-14-34(29)39-37(27)30/h1-18,20-21H,19H2. The predicted molar refractivity (Wildman–Crippen MR) is 160 cm³/mol. The van der Waals surface area contributed by atoms with Crippen molar-refractivity contribution in [2.75, 3.05) is 0 Å². The van der Waals surface area contributed by atoms with Crippen molar-refractivity contribution in [1.82, 2.24) is 0 Å². The van der Waals surface area contributed by atoms with Gasteiger partial charge in [0.2, 0.25) is 0 Å². The van der Waals surface area contributed by atoms with Crippen molar-refractivity contribution >= 4 is 43.9 Å². The molecule has 1 aliphatic rings. The Morgan fingerprint density at radius 3 is 1.90 bits per heavy atom. The van der Waals surface area contributed by atoms with Gasteiger partial charge in [0.05, 0.1) is 0 Å². The molecule has 2 aromatic heterocycles. The summed E-state index contributed by atoms with van der Waals surface area (Å²) in [5.74, 6) is 0. The first-order chi connectivity index (χ1) is 19.3. The summed E-state index contributed by atoms with van der Waals surface area (Å²) in [5.41, 5.74) is 13.9. The van der Waals surface area contributed by atoms with E-state index in [2.05, 4.69) is 109 Å². The second-order valence-corrected chi connectivity index (χ2v) is 10.5. The van der Waals surface area contributed by atoms with Crippen molar-refractivity contribution in [3.63, 3.8) is 0 Å². The van der Waals surface area contributed by atoms with Crippen molar-refractivity contribution in [1.29, 1.82) is 0 Å². The van der Waals surface area contributed by atoms with Gasteiger partial charge in [-0.3, -0.25) is 0 Å². The molecule has 0 saturated heterocycles. The van der Waals surface area contributed by atoms with Crippen LogP contribution in [0.1, 0.15) is 11.1 Å². The summed E-state index contributed by atoms with van der Waals surface area (Å²) in [7, 11) is 0. The summed E-state index contributed by atoms with van der Waals surface area (Å²) in [5, 5.41) is 4.54. The fourth-order valence-corrected chi connectivity index (χ4v) is 6.51. The maximum atomic E-state index is 6.34. The van der Waals surface area contributed by atoms with Crippen LogP contribution in [0.3, 0.4) is 0 Å². The molecule has 2 heterocycles. The van der Waals surface area contributed by atoms with Crippen molar-refractivity contribution in [3.8, 4) is 33.4 Å². The molecule has 0 radical (unpaired) electrons. The van der Waals surface area contributed by atoms with Crippen molar-refractivity contribution in [2.45, 2.75) is 6.42 Å². The van der Waals surface area contributed by atoms with Crippen LogP contribution >= 0.6 is 0 Å². The molecule has 1 aliphatic carbocycles. The Hall–Kier alpha value is -5.08. The molecule has 0 aliphatic heterocycles. The highest BCUT2D eigenvalue weighted by Gasteiger charge is 2.21. The van der Waals surface area contributed by atoms with Gasteiger partial charge in [0.25, 0.3) is 0 Å². The van der Waals surface area contributed by atoms with Gasteiger partial charge in [0.1, 0.15) is 22.3 Å². The molecule has 0 fully saturated rings. The number of para-hydroxylation sites is 2. The minimum absolute atomic E-state index is 0.897. The molecule has 2 heteroatoms. The van der Waals surface area contributed by atoms with E-state index < -0.39 is 0 Å². The van der Waals surface area contributed by atoms with Crippen LogP contribution in [0.2, 0.25) is 0 Å². The molecule has 0 spiro atoms. The molecule has 9 rings (SSSR count). The normalized spacial score (nSPS) is 12.5. The molecular formula is C37H22O2.